The van der Waals surface area contributed by atoms with Crippen molar-refractivity contribution in [3.05, 3.63) is 28.2 Å². The average Bonchev–Trinajstić information content (AvgIpc) is 2.06. The third-order valence-corrected chi connectivity index (χ3v) is 4.73. The molecule has 1 aliphatic rings. The van der Waals surface area contributed by atoms with Gasteiger partial charge in [-0.25, -0.2) is 0 Å². The van der Waals surface area contributed by atoms with E-state index in [-0.39, 0.29) is 0 Å². The molecule has 0 unspecified atom stereocenters. The summed E-state index contributed by atoms with van der Waals surface area (Å²) in [6.07, 6.45) is 1.28. The van der Waals surface area contributed by atoms with E-state index in [2.05, 4.69) is 48.0 Å². The summed E-state index contributed by atoms with van der Waals surface area (Å²) >= 11 is 5.58. The molecule has 70 valence electrons. The molecule has 0 amide bonds. The zero-order valence-corrected chi connectivity index (χ0v) is 10.3. The Balaban J connectivity index is 2.58. The van der Waals surface area contributed by atoms with Gasteiger partial charge in [0.05, 0.1) is 0 Å². The number of thioether (sulfide) groups is 1. The van der Waals surface area contributed by atoms with E-state index in [0.717, 1.165) is 0 Å². The lowest BCUT2D eigenvalue weighted by molar-refractivity contribution is 0.493. The van der Waals surface area contributed by atoms with Gasteiger partial charge in [0.1, 0.15) is 0 Å². The number of benzene rings is 1. The van der Waals surface area contributed by atoms with Crippen molar-refractivity contribution in [2.45, 2.75) is 30.6 Å². The smallest absolute Gasteiger partial charge is 0.0314 e. The van der Waals surface area contributed by atoms with Gasteiger partial charge in [0.2, 0.25) is 0 Å². The summed E-state index contributed by atoms with van der Waals surface area (Å²) in [5.41, 5.74) is 1.85. The molecule has 0 aromatic heterocycles. The number of halogens is 1. The third-order valence-electron chi connectivity index (χ3n) is 2.67. The van der Waals surface area contributed by atoms with Crippen molar-refractivity contribution >= 4 is 27.7 Å². The van der Waals surface area contributed by atoms with Gasteiger partial charge in [0.15, 0.2) is 0 Å². The molecule has 0 N–H and O–H groups in total. The molecular weight excluding hydrogens is 244 g/mol. The first-order valence-electron chi connectivity index (χ1n) is 4.53. The fourth-order valence-corrected chi connectivity index (χ4v) is 3.96. The van der Waals surface area contributed by atoms with E-state index >= 15 is 0 Å². The Morgan fingerprint density at radius 1 is 1.38 bits per heavy atom. The van der Waals surface area contributed by atoms with Crippen LogP contribution in [-0.4, -0.2) is 5.75 Å². The van der Waals surface area contributed by atoms with E-state index < -0.39 is 0 Å². The molecule has 1 heterocycles. The van der Waals surface area contributed by atoms with E-state index in [1.165, 1.54) is 27.1 Å². The molecule has 0 aliphatic carbocycles. The molecule has 0 saturated carbocycles. The van der Waals surface area contributed by atoms with E-state index in [1.54, 1.807) is 0 Å². The quantitative estimate of drug-likeness (QED) is 0.670. The van der Waals surface area contributed by atoms with Crippen molar-refractivity contribution < 1.29 is 0 Å². The fourth-order valence-electron chi connectivity index (χ4n) is 1.73. The number of hydrogen-bond donors (Lipinski definition) is 0. The summed E-state index contributed by atoms with van der Waals surface area (Å²) < 4.78 is 1.25. The topological polar surface area (TPSA) is 0 Å². The maximum Gasteiger partial charge on any atom is 0.0314 e. The van der Waals surface area contributed by atoms with Crippen LogP contribution in [0.2, 0.25) is 0 Å². The van der Waals surface area contributed by atoms with Crippen LogP contribution in [0.25, 0.3) is 0 Å². The standard InChI is InChI=1S/C11H13BrS/c1-11(2)6-7-13-10-8(11)4-3-5-9(10)12/h3-5H,6-7H2,1-2H3. The Labute approximate surface area is 92.2 Å². The van der Waals surface area contributed by atoms with E-state index in [9.17, 15) is 0 Å². The predicted molar refractivity (Wildman–Crippen MR) is 62.5 cm³/mol. The molecule has 1 aliphatic heterocycles. The molecule has 1 aromatic carbocycles. The first-order valence-corrected chi connectivity index (χ1v) is 6.31. The van der Waals surface area contributed by atoms with Crippen molar-refractivity contribution in [2.24, 2.45) is 0 Å². The molecule has 0 atom stereocenters. The second-order valence-electron chi connectivity index (χ2n) is 4.10. The first-order chi connectivity index (χ1) is 6.11. The average molecular weight is 257 g/mol. The Kier molecular flexibility index (Phi) is 2.45. The summed E-state index contributed by atoms with van der Waals surface area (Å²) in [6, 6.07) is 6.52. The summed E-state index contributed by atoms with van der Waals surface area (Å²) in [7, 11) is 0. The first kappa shape index (κ1) is 9.60. The van der Waals surface area contributed by atoms with Crippen molar-refractivity contribution in [1.29, 1.82) is 0 Å². The minimum Gasteiger partial charge on any atom is -0.125 e. The van der Waals surface area contributed by atoms with Gasteiger partial charge in [-0.1, -0.05) is 26.0 Å². The van der Waals surface area contributed by atoms with E-state index in [1.807, 2.05) is 11.8 Å². The summed E-state index contributed by atoms with van der Waals surface area (Å²) in [5, 5.41) is 0. The minimum absolute atomic E-state index is 0.352. The monoisotopic (exact) mass is 256 g/mol. The van der Waals surface area contributed by atoms with Crippen LogP contribution in [0.15, 0.2) is 27.6 Å². The molecule has 0 bridgehead atoms. The van der Waals surface area contributed by atoms with Gasteiger partial charge in [-0.15, -0.1) is 11.8 Å². The van der Waals surface area contributed by atoms with Crippen LogP contribution in [0.4, 0.5) is 0 Å². The van der Waals surface area contributed by atoms with Crippen LogP contribution < -0.4 is 0 Å². The van der Waals surface area contributed by atoms with Crippen molar-refractivity contribution in [1.82, 2.24) is 0 Å². The van der Waals surface area contributed by atoms with Gasteiger partial charge in [0, 0.05) is 9.37 Å². The van der Waals surface area contributed by atoms with Crippen molar-refractivity contribution in [3.8, 4) is 0 Å². The number of rotatable bonds is 0. The Bertz CT molecular complexity index is 331. The van der Waals surface area contributed by atoms with Crippen LogP contribution in [0, 0.1) is 0 Å². The molecule has 0 spiro atoms. The van der Waals surface area contributed by atoms with Gasteiger partial charge < -0.3 is 0 Å². The third kappa shape index (κ3) is 1.66. The highest BCUT2D eigenvalue weighted by atomic mass is 79.9. The lowest BCUT2D eigenvalue weighted by Crippen LogP contribution is -2.22. The maximum absolute atomic E-state index is 3.61. The molecular formula is C11H13BrS. The molecule has 0 saturated heterocycles. The van der Waals surface area contributed by atoms with Crippen LogP contribution in [0.1, 0.15) is 25.8 Å². The second kappa shape index (κ2) is 3.32. The lowest BCUT2D eigenvalue weighted by Gasteiger charge is -2.32. The predicted octanol–water partition coefficient (Wildman–Crippen LogP) is 4.22. The highest BCUT2D eigenvalue weighted by Crippen LogP contribution is 2.44. The van der Waals surface area contributed by atoms with E-state index in [4.69, 9.17) is 0 Å². The molecule has 1 aromatic rings. The van der Waals surface area contributed by atoms with Crippen molar-refractivity contribution in [2.75, 3.05) is 5.75 Å². The second-order valence-corrected chi connectivity index (χ2v) is 6.06. The number of fused-ring (bicyclic) bond motifs is 1. The van der Waals surface area contributed by atoms with Gasteiger partial charge >= 0.3 is 0 Å². The Morgan fingerprint density at radius 2 is 2.15 bits per heavy atom. The van der Waals surface area contributed by atoms with Gasteiger partial charge in [-0.2, -0.15) is 0 Å². The van der Waals surface area contributed by atoms with Crippen LogP contribution >= 0.6 is 27.7 Å². The zero-order chi connectivity index (χ0) is 9.47. The maximum atomic E-state index is 3.61. The summed E-state index contributed by atoms with van der Waals surface area (Å²) in [6.45, 7) is 4.66. The number of hydrogen-bond acceptors (Lipinski definition) is 1. The van der Waals surface area contributed by atoms with Crippen LogP contribution in [-0.2, 0) is 5.41 Å². The summed E-state index contributed by atoms with van der Waals surface area (Å²) in [4.78, 5) is 1.44. The SMILES string of the molecule is CC1(C)CCSc2c(Br)cccc21. The van der Waals surface area contributed by atoms with Gasteiger partial charge in [-0.05, 0) is 45.1 Å². The molecule has 2 rings (SSSR count). The van der Waals surface area contributed by atoms with Gasteiger partial charge in [-0.3, -0.25) is 0 Å². The van der Waals surface area contributed by atoms with Crippen LogP contribution in [0.5, 0.6) is 0 Å². The zero-order valence-electron chi connectivity index (χ0n) is 7.93. The fraction of sp³-hybridized carbons (Fsp3) is 0.455. The van der Waals surface area contributed by atoms with Crippen molar-refractivity contribution in [3.63, 3.8) is 0 Å². The molecule has 0 radical (unpaired) electrons. The molecule has 0 nitrogen and oxygen atoms in total. The Hall–Kier alpha value is 0.0500. The van der Waals surface area contributed by atoms with Gasteiger partial charge in [0.25, 0.3) is 0 Å². The summed E-state index contributed by atoms with van der Waals surface area (Å²) in [5.74, 6) is 1.24. The normalized spacial score (nSPS) is 19.6. The largest absolute Gasteiger partial charge is 0.125 e. The molecule has 0 fully saturated rings. The lowest BCUT2D eigenvalue weighted by atomic mass is 9.82. The van der Waals surface area contributed by atoms with Crippen LogP contribution in [0.3, 0.4) is 0 Å². The Morgan fingerprint density at radius 3 is 2.85 bits per heavy atom. The highest BCUT2D eigenvalue weighted by Gasteiger charge is 2.28. The van der Waals surface area contributed by atoms with E-state index in [0.29, 0.717) is 5.41 Å². The molecule has 2 heteroatoms. The minimum atomic E-state index is 0.352. The molecule has 13 heavy (non-hydrogen) atoms. The highest BCUT2D eigenvalue weighted by molar-refractivity contribution is 9.10.